The predicted molar refractivity (Wildman–Crippen MR) is 70.3 cm³/mol. The number of benzene rings is 1. The van der Waals surface area contributed by atoms with E-state index in [0.717, 1.165) is 28.3 Å². The van der Waals surface area contributed by atoms with Gasteiger partial charge in [-0.1, -0.05) is 0 Å². The summed E-state index contributed by atoms with van der Waals surface area (Å²) in [5, 5.41) is 0. The lowest BCUT2D eigenvalue weighted by Gasteiger charge is -2.00. The number of fused-ring (bicyclic) bond motifs is 1. The van der Waals surface area contributed by atoms with Crippen LogP contribution in [0.2, 0.25) is 0 Å². The first-order chi connectivity index (χ1) is 8.76. The summed E-state index contributed by atoms with van der Waals surface area (Å²) >= 11 is 0. The van der Waals surface area contributed by atoms with Crippen LogP contribution in [0.4, 0.5) is 5.69 Å². The fourth-order valence-electron chi connectivity index (χ4n) is 1.80. The molecule has 5 nitrogen and oxygen atoms in total. The first-order valence-electron chi connectivity index (χ1n) is 5.52. The molecule has 0 spiro atoms. The number of pyridine rings is 1. The summed E-state index contributed by atoms with van der Waals surface area (Å²) in [6.45, 7) is 0. The van der Waals surface area contributed by atoms with Gasteiger partial charge in [0.1, 0.15) is 17.1 Å². The summed E-state index contributed by atoms with van der Waals surface area (Å²) in [5.41, 5.74) is 8.76. The van der Waals surface area contributed by atoms with E-state index in [2.05, 4.69) is 15.0 Å². The fourth-order valence-corrected chi connectivity index (χ4v) is 1.80. The molecular weight excluding hydrogens is 228 g/mol. The van der Waals surface area contributed by atoms with Gasteiger partial charge in [0, 0.05) is 5.56 Å². The Morgan fingerprint density at radius 3 is 2.72 bits per heavy atom. The van der Waals surface area contributed by atoms with Gasteiger partial charge in [0.15, 0.2) is 5.65 Å². The average molecular weight is 240 g/mol. The maximum absolute atomic E-state index is 5.68. The number of aromatic nitrogens is 3. The monoisotopic (exact) mass is 240 g/mol. The zero-order valence-electron chi connectivity index (χ0n) is 9.84. The van der Waals surface area contributed by atoms with Gasteiger partial charge in [-0.3, -0.25) is 0 Å². The highest BCUT2D eigenvalue weighted by Gasteiger charge is 2.06. The van der Waals surface area contributed by atoms with Crippen molar-refractivity contribution in [3.8, 4) is 17.1 Å². The minimum Gasteiger partial charge on any atom is -0.497 e. The van der Waals surface area contributed by atoms with Gasteiger partial charge in [-0.2, -0.15) is 0 Å². The Kier molecular flexibility index (Phi) is 2.37. The van der Waals surface area contributed by atoms with Gasteiger partial charge >= 0.3 is 0 Å². The van der Waals surface area contributed by atoms with E-state index >= 15 is 0 Å². The molecule has 0 amide bonds. The molecule has 1 aromatic carbocycles. The molecule has 3 N–H and O–H groups in total. The third kappa shape index (κ3) is 1.75. The van der Waals surface area contributed by atoms with Crippen LogP contribution in [0.25, 0.3) is 22.6 Å². The van der Waals surface area contributed by atoms with Crippen molar-refractivity contribution in [2.45, 2.75) is 0 Å². The van der Waals surface area contributed by atoms with Crippen molar-refractivity contribution in [3.05, 3.63) is 36.5 Å². The lowest BCUT2D eigenvalue weighted by Crippen LogP contribution is -1.85. The lowest BCUT2D eigenvalue weighted by atomic mass is 10.2. The smallest absolute Gasteiger partial charge is 0.157 e. The van der Waals surface area contributed by atoms with E-state index < -0.39 is 0 Å². The number of nitrogens with one attached hydrogen (secondary N) is 1. The van der Waals surface area contributed by atoms with Gasteiger partial charge in [0.25, 0.3) is 0 Å². The molecule has 2 aromatic heterocycles. The Morgan fingerprint density at radius 1 is 1.22 bits per heavy atom. The fraction of sp³-hybridized carbons (Fsp3) is 0.0769. The topological polar surface area (TPSA) is 76.8 Å². The number of aromatic amines is 1. The molecule has 0 unspecified atom stereocenters. The number of hydrogen-bond acceptors (Lipinski definition) is 4. The summed E-state index contributed by atoms with van der Waals surface area (Å²) in [6, 6.07) is 9.47. The van der Waals surface area contributed by atoms with Crippen molar-refractivity contribution in [1.82, 2.24) is 15.0 Å². The van der Waals surface area contributed by atoms with Crippen molar-refractivity contribution in [2.24, 2.45) is 0 Å². The first-order valence-corrected chi connectivity index (χ1v) is 5.52. The molecule has 0 saturated carbocycles. The molecule has 0 aliphatic carbocycles. The summed E-state index contributed by atoms with van der Waals surface area (Å²) in [5.74, 6) is 1.59. The summed E-state index contributed by atoms with van der Waals surface area (Å²) < 4.78 is 5.12. The van der Waals surface area contributed by atoms with Crippen molar-refractivity contribution in [2.75, 3.05) is 12.8 Å². The van der Waals surface area contributed by atoms with Crippen LogP contribution in [0.1, 0.15) is 0 Å². The number of nitrogens with two attached hydrogens (primary N) is 1. The van der Waals surface area contributed by atoms with Gasteiger partial charge in [-0.05, 0) is 30.3 Å². The second-order valence-electron chi connectivity index (χ2n) is 3.95. The van der Waals surface area contributed by atoms with Crippen molar-refractivity contribution in [1.29, 1.82) is 0 Å². The quantitative estimate of drug-likeness (QED) is 0.720. The van der Waals surface area contributed by atoms with Crippen LogP contribution >= 0.6 is 0 Å². The Balaban J connectivity index is 2.07. The molecule has 0 radical (unpaired) electrons. The standard InChI is InChI=1S/C13H12N4O/c1-18-10-4-2-8(3-5-10)12-16-11-6-9(14)7-15-13(11)17-12/h2-7H,14H2,1H3,(H,15,16,17). The Morgan fingerprint density at radius 2 is 2.00 bits per heavy atom. The van der Waals surface area contributed by atoms with Crippen molar-refractivity contribution < 1.29 is 4.74 Å². The van der Waals surface area contributed by atoms with Gasteiger partial charge in [-0.25, -0.2) is 9.97 Å². The minimum atomic E-state index is 0.607. The van der Waals surface area contributed by atoms with E-state index in [1.54, 1.807) is 19.4 Å². The third-order valence-electron chi connectivity index (χ3n) is 2.72. The van der Waals surface area contributed by atoms with Crippen LogP contribution in [0.15, 0.2) is 36.5 Å². The normalized spacial score (nSPS) is 10.7. The number of anilines is 1. The molecule has 90 valence electrons. The third-order valence-corrected chi connectivity index (χ3v) is 2.72. The van der Waals surface area contributed by atoms with Crippen molar-refractivity contribution in [3.63, 3.8) is 0 Å². The maximum Gasteiger partial charge on any atom is 0.157 e. The van der Waals surface area contributed by atoms with E-state index in [0.29, 0.717) is 5.69 Å². The zero-order chi connectivity index (χ0) is 12.5. The van der Waals surface area contributed by atoms with Gasteiger partial charge in [0.05, 0.1) is 19.0 Å². The highest BCUT2D eigenvalue weighted by molar-refractivity contribution is 5.78. The number of methoxy groups -OCH3 is 1. The highest BCUT2D eigenvalue weighted by Crippen LogP contribution is 2.22. The van der Waals surface area contributed by atoms with Crippen LogP contribution in [-0.4, -0.2) is 22.1 Å². The molecule has 0 saturated heterocycles. The number of imidazole rings is 1. The molecule has 0 aliphatic heterocycles. The Bertz CT molecular complexity index is 688. The average Bonchev–Trinajstić information content (AvgIpc) is 2.81. The van der Waals surface area contributed by atoms with E-state index in [-0.39, 0.29) is 0 Å². The summed E-state index contributed by atoms with van der Waals surface area (Å²) in [4.78, 5) is 11.8. The Labute approximate surface area is 104 Å². The molecule has 2 heterocycles. The van der Waals surface area contributed by atoms with E-state index in [1.165, 1.54) is 0 Å². The number of nitrogen functional groups attached to an aromatic ring is 1. The molecule has 0 aliphatic rings. The van der Waals surface area contributed by atoms with Crippen molar-refractivity contribution >= 4 is 16.9 Å². The lowest BCUT2D eigenvalue weighted by molar-refractivity contribution is 0.415. The molecule has 0 atom stereocenters. The minimum absolute atomic E-state index is 0.607. The number of hydrogen-bond donors (Lipinski definition) is 2. The molecule has 3 aromatic rings. The van der Waals surface area contributed by atoms with Gasteiger partial charge in [-0.15, -0.1) is 0 Å². The van der Waals surface area contributed by atoms with Crippen LogP contribution in [0.3, 0.4) is 0 Å². The molecule has 3 rings (SSSR count). The second-order valence-corrected chi connectivity index (χ2v) is 3.95. The predicted octanol–water partition coefficient (Wildman–Crippen LogP) is 2.22. The molecular formula is C13H12N4O. The SMILES string of the molecule is COc1ccc(-c2nc3cc(N)cnc3[nH]2)cc1. The second kappa shape index (κ2) is 4.03. The summed E-state index contributed by atoms with van der Waals surface area (Å²) in [6.07, 6.45) is 1.61. The number of nitrogens with zero attached hydrogens (tertiary/aromatic N) is 2. The van der Waals surface area contributed by atoms with Crippen LogP contribution in [-0.2, 0) is 0 Å². The first kappa shape index (κ1) is 10.6. The van der Waals surface area contributed by atoms with Gasteiger partial charge in [0.2, 0.25) is 0 Å². The van der Waals surface area contributed by atoms with Crippen LogP contribution in [0.5, 0.6) is 5.75 Å². The summed E-state index contributed by atoms with van der Waals surface area (Å²) in [7, 11) is 1.64. The van der Waals surface area contributed by atoms with E-state index in [4.69, 9.17) is 10.5 Å². The molecule has 0 bridgehead atoms. The molecule has 0 fully saturated rings. The van der Waals surface area contributed by atoms with E-state index in [9.17, 15) is 0 Å². The van der Waals surface area contributed by atoms with Crippen LogP contribution in [0, 0.1) is 0 Å². The molecule has 5 heteroatoms. The number of rotatable bonds is 2. The Hall–Kier alpha value is -2.56. The zero-order valence-corrected chi connectivity index (χ0v) is 9.84. The number of H-pyrrole nitrogens is 1. The van der Waals surface area contributed by atoms with Crippen LogP contribution < -0.4 is 10.5 Å². The largest absolute Gasteiger partial charge is 0.497 e. The molecule has 18 heavy (non-hydrogen) atoms. The maximum atomic E-state index is 5.68. The highest BCUT2D eigenvalue weighted by atomic mass is 16.5. The van der Waals surface area contributed by atoms with E-state index in [1.807, 2.05) is 24.3 Å². The van der Waals surface area contributed by atoms with Gasteiger partial charge < -0.3 is 15.5 Å². The number of ether oxygens (including phenoxy) is 1.